The molecule has 0 spiro atoms. The molecular formula is C17H28N3O2S+. The topological polar surface area (TPSA) is 54.8 Å². The normalized spacial score (nSPS) is 21.7. The Morgan fingerprint density at radius 1 is 0.783 bits per heavy atom. The molecule has 5 nitrogen and oxygen atoms in total. The molecule has 1 aromatic heterocycles. The summed E-state index contributed by atoms with van der Waals surface area (Å²) in [5.74, 6) is 1.03. The summed E-state index contributed by atoms with van der Waals surface area (Å²) < 4.78 is 27.0. The summed E-state index contributed by atoms with van der Waals surface area (Å²) in [6.07, 6.45) is 11.1. The number of sulfonamides is 1. The highest BCUT2D eigenvalue weighted by molar-refractivity contribution is 7.89. The fraction of sp³-hybridized carbons (Fsp3) is 0.706. The number of rotatable bonds is 3. The minimum atomic E-state index is -3.34. The molecule has 2 fully saturated rings. The van der Waals surface area contributed by atoms with Gasteiger partial charge in [-0.2, -0.15) is 4.31 Å². The number of nitrogens with zero attached hydrogens (tertiary/aromatic N) is 2. The molecule has 0 saturated carbocycles. The molecule has 6 heteroatoms. The third-order valence-electron chi connectivity index (χ3n) is 4.92. The number of pyridine rings is 1. The molecule has 0 radical (unpaired) electrons. The molecule has 1 N–H and O–H groups in total. The number of aromatic nitrogens is 1. The Morgan fingerprint density at radius 3 is 1.96 bits per heavy atom. The van der Waals surface area contributed by atoms with E-state index in [4.69, 9.17) is 0 Å². The first-order valence-corrected chi connectivity index (χ1v) is 10.4. The van der Waals surface area contributed by atoms with Gasteiger partial charge < -0.3 is 0 Å². The molecule has 3 heterocycles. The molecule has 2 saturated heterocycles. The third-order valence-corrected chi connectivity index (χ3v) is 6.81. The predicted octanol–water partition coefficient (Wildman–Crippen LogP) is 2.45. The predicted molar refractivity (Wildman–Crippen MR) is 90.9 cm³/mol. The summed E-state index contributed by atoms with van der Waals surface area (Å²) in [6.45, 7) is 3.40. The second kappa shape index (κ2) is 7.62. The van der Waals surface area contributed by atoms with Gasteiger partial charge in [0.2, 0.25) is 10.0 Å². The Hall–Kier alpha value is -1.14. The van der Waals surface area contributed by atoms with E-state index in [1.807, 2.05) is 6.07 Å². The van der Waals surface area contributed by atoms with E-state index in [-0.39, 0.29) is 0 Å². The quantitative estimate of drug-likeness (QED) is 0.850. The first-order chi connectivity index (χ1) is 11.2. The van der Waals surface area contributed by atoms with Gasteiger partial charge in [-0.05, 0) is 44.6 Å². The zero-order valence-electron chi connectivity index (χ0n) is 13.8. The SMILES string of the molecule is O=S(=O)(c1ccc(N2CCCCCCC2)[nH+]c1)N1CCCCC1. The van der Waals surface area contributed by atoms with Gasteiger partial charge in [0.15, 0.2) is 0 Å². The highest BCUT2D eigenvalue weighted by atomic mass is 32.2. The lowest BCUT2D eigenvalue weighted by molar-refractivity contribution is -0.367. The van der Waals surface area contributed by atoms with Crippen LogP contribution in [0.3, 0.4) is 0 Å². The Kier molecular flexibility index (Phi) is 5.54. The van der Waals surface area contributed by atoms with Crippen molar-refractivity contribution in [3.8, 4) is 0 Å². The summed E-state index contributed by atoms with van der Waals surface area (Å²) in [4.78, 5) is 5.95. The Bertz CT molecular complexity index is 587. The van der Waals surface area contributed by atoms with E-state index >= 15 is 0 Å². The number of anilines is 1. The van der Waals surface area contributed by atoms with E-state index in [1.54, 1.807) is 16.6 Å². The molecule has 0 aliphatic carbocycles. The second-order valence-electron chi connectivity index (χ2n) is 6.63. The van der Waals surface area contributed by atoms with Crippen molar-refractivity contribution in [2.75, 3.05) is 31.1 Å². The highest BCUT2D eigenvalue weighted by Gasteiger charge is 2.27. The molecule has 0 atom stereocenters. The fourth-order valence-corrected chi connectivity index (χ4v) is 4.99. The molecule has 0 unspecified atom stereocenters. The van der Waals surface area contributed by atoms with Crippen molar-refractivity contribution < 1.29 is 13.4 Å². The van der Waals surface area contributed by atoms with Gasteiger partial charge in [-0.3, -0.25) is 4.90 Å². The van der Waals surface area contributed by atoms with Crippen LogP contribution >= 0.6 is 0 Å². The summed E-state index contributed by atoms with van der Waals surface area (Å²) in [6, 6.07) is 3.69. The summed E-state index contributed by atoms with van der Waals surface area (Å²) >= 11 is 0. The first-order valence-electron chi connectivity index (χ1n) is 8.95. The van der Waals surface area contributed by atoms with E-state index in [0.717, 1.165) is 38.2 Å². The van der Waals surface area contributed by atoms with Crippen LogP contribution in [-0.2, 0) is 10.0 Å². The lowest BCUT2D eigenvalue weighted by atomic mass is 10.1. The molecular weight excluding hydrogens is 310 g/mol. The largest absolute Gasteiger partial charge is 0.274 e. The molecule has 1 aromatic rings. The highest BCUT2D eigenvalue weighted by Crippen LogP contribution is 2.21. The van der Waals surface area contributed by atoms with Gasteiger partial charge in [-0.1, -0.05) is 12.8 Å². The average molecular weight is 338 g/mol. The first kappa shape index (κ1) is 16.7. The molecule has 2 aliphatic rings. The molecule has 0 amide bonds. The van der Waals surface area contributed by atoms with Gasteiger partial charge >= 0.3 is 0 Å². The van der Waals surface area contributed by atoms with Crippen molar-refractivity contribution in [2.45, 2.75) is 56.3 Å². The van der Waals surface area contributed by atoms with Crippen LogP contribution in [0.4, 0.5) is 5.82 Å². The van der Waals surface area contributed by atoms with Crippen LogP contribution in [0.15, 0.2) is 23.2 Å². The number of hydrogen-bond donors (Lipinski definition) is 0. The maximum absolute atomic E-state index is 12.7. The number of H-pyrrole nitrogens is 1. The fourth-order valence-electron chi connectivity index (χ4n) is 3.50. The average Bonchev–Trinajstić information content (AvgIpc) is 2.56. The van der Waals surface area contributed by atoms with Gasteiger partial charge in [0, 0.05) is 19.2 Å². The summed E-state index contributed by atoms with van der Waals surface area (Å²) in [7, 11) is -3.34. The van der Waals surface area contributed by atoms with E-state index in [0.29, 0.717) is 18.0 Å². The van der Waals surface area contributed by atoms with Crippen LogP contribution < -0.4 is 9.88 Å². The van der Waals surface area contributed by atoms with Crippen molar-refractivity contribution in [1.82, 2.24) is 4.31 Å². The Morgan fingerprint density at radius 2 is 1.35 bits per heavy atom. The lowest BCUT2D eigenvalue weighted by Crippen LogP contribution is -2.36. The number of aromatic amines is 1. The molecule has 0 aromatic carbocycles. The molecule has 3 rings (SSSR count). The van der Waals surface area contributed by atoms with Crippen LogP contribution in [0.1, 0.15) is 51.4 Å². The Balaban J connectivity index is 1.73. The van der Waals surface area contributed by atoms with Gasteiger partial charge in [0.05, 0.1) is 13.1 Å². The minimum Gasteiger partial charge on any atom is -0.262 e. The maximum atomic E-state index is 12.7. The van der Waals surface area contributed by atoms with Crippen LogP contribution in [0.25, 0.3) is 0 Å². The van der Waals surface area contributed by atoms with Crippen molar-refractivity contribution in [1.29, 1.82) is 0 Å². The maximum Gasteiger partial charge on any atom is 0.274 e. The molecule has 23 heavy (non-hydrogen) atoms. The monoisotopic (exact) mass is 338 g/mol. The zero-order chi connectivity index (χ0) is 16.1. The standard InChI is InChI=1S/C17H27N3O2S/c21-23(22,20-13-7-4-8-14-20)16-9-10-17(18-15-16)19-11-5-2-1-3-6-12-19/h9-10,15H,1-8,11-14H2/p+1. The van der Waals surface area contributed by atoms with Gasteiger partial charge in [0.1, 0.15) is 11.1 Å². The van der Waals surface area contributed by atoms with Crippen molar-refractivity contribution in [3.63, 3.8) is 0 Å². The van der Waals surface area contributed by atoms with E-state index in [1.165, 1.54) is 32.1 Å². The molecule has 2 aliphatic heterocycles. The molecule has 128 valence electrons. The van der Waals surface area contributed by atoms with Gasteiger partial charge in [-0.15, -0.1) is 0 Å². The second-order valence-corrected chi connectivity index (χ2v) is 8.57. The smallest absolute Gasteiger partial charge is 0.262 e. The van der Waals surface area contributed by atoms with Crippen molar-refractivity contribution in [2.24, 2.45) is 0 Å². The summed E-state index contributed by atoms with van der Waals surface area (Å²) in [5.41, 5.74) is 0. The third kappa shape index (κ3) is 4.04. The Labute approximate surface area is 139 Å². The van der Waals surface area contributed by atoms with Crippen LogP contribution in [0.2, 0.25) is 0 Å². The number of nitrogens with one attached hydrogen (secondary N) is 1. The van der Waals surface area contributed by atoms with E-state index in [2.05, 4.69) is 9.88 Å². The van der Waals surface area contributed by atoms with Crippen LogP contribution in [0, 0.1) is 0 Å². The molecule has 0 bridgehead atoms. The number of hydrogen-bond acceptors (Lipinski definition) is 3. The van der Waals surface area contributed by atoms with Gasteiger partial charge in [-0.25, -0.2) is 13.4 Å². The number of piperidine rings is 1. The van der Waals surface area contributed by atoms with E-state index < -0.39 is 10.0 Å². The van der Waals surface area contributed by atoms with Gasteiger partial charge in [0.25, 0.3) is 5.82 Å². The van der Waals surface area contributed by atoms with E-state index in [9.17, 15) is 8.42 Å². The minimum absolute atomic E-state index is 0.384. The van der Waals surface area contributed by atoms with Crippen molar-refractivity contribution >= 4 is 15.8 Å². The van der Waals surface area contributed by atoms with Crippen LogP contribution in [-0.4, -0.2) is 38.9 Å². The summed E-state index contributed by atoms with van der Waals surface area (Å²) in [5, 5.41) is 0. The zero-order valence-corrected chi connectivity index (χ0v) is 14.7. The van der Waals surface area contributed by atoms with Crippen LogP contribution in [0.5, 0.6) is 0 Å². The lowest BCUT2D eigenvalue weighted by Gasteiger charge is -2.25. The van der Waals surface area contributed by atoms with Crippen molar-refractivity contribution in [3.05, 3.63) is 18.3 Å².